The fourth-order valence-corrected chi connectivity index (χ4v) is 4.97. The van der Waals surface area contributed by atoms with Gasteiger partial charge in [-0.05, 0) is 56.9 Å². The third-order valence-electron chi connectivity index (χ3n) is 5.97. The normalized spacial score (nSPS) is 20.8. The Morgan fingerprint density at radius 2 is 1.86 bits per heavy atom. The number of anilines is 1. The zero-order valence-electron chi connectivity index (χ0n) is 16.6. The first-order chi connectivity index (χ1) is 13.4. The summed E-state index contributed by atoms with van der Waals surface area (Å²) in [7, 11) is 0. The van der Waals surface area contributed by atoms with E-state index in [9.17, 15) is 9.59 Å². The molecule has 0 spiro atoms. The van der Waals surface area contributed by atoms with Gasteiger partial charge in [0.2, 0.25) is 11.8 Å². The number of carbonyl (C=O) groups is 2. The highest BCUT2D eigenvalue weighted by atomic mass is 32.1. The summed E-state index contributed by atoms with van der Waals surface area (Å²) >= 11 is 1.65. The summed E-state index contributed by atoms with van der Waals surface area (Å²) in [6.07, 6.45) is 2.14. The van der Waals surface area contributed by atoms with Crippen molar-refractivity contribution in [2.75, 3.05) is 24.5 Å². The number of nitrogens with zero attached hydrogens (tertiary/aromatic N) is 4. The minimum absolute atomic E-state index is 0.0424. The summed E-state index contributed by atoms with van der Waals surface area (Å²) in [4.78, 5) is 29.3. The fourth-order valence-electron chi connectivity index (χ4n) is 4.10. The van der Waals surface area contributed by atoms with E-state index in [1.807, 2.05) is 36.9 Å². The van der Waals surface area contributed by atoms with Gasteiger partial charge in [-0.2, -0.15) is 0 Å². The number of amides is 2. The van der Waals surface area contributed by atoms with E-state index in [1.165, 1.54) is 5.56 Å². The lowest BCUT2D eigenvalue weighted by atomic mass is 9.96. The summed E-state index contributed by atoms with van der Waals surface area (Å²) in [5.74, 6) is 0.314. The van der Waals surface area contributed by atoms with Crippen molar-refractivity contribution >= 4 is 28.8 Å². The summed E-state index contributed by atoms with van der Waals surface area (Å²) in [5, 5.41) is 10.5. The lowest BCUT2D eigenvalue weighted by Crippen LogP contribution is -2.42. The quantitative estimate of drug-likeness (QED) is 0.796. The Bertz CT molecular complexity index is 902. The standard InChI is InChI=1S/C21H26N4O2S/c1-13-4-5-18(10-14(13)2)25-12-17(11-19(25)26)21(27)24-8-6-16(7-9-24)20-23-22-15(3)28-20/h4-5,10,16-17H,6-9,11-12H2,1-3H3/t17-/m0/s1. The Labute approximate surface area is 169 Å². The lowest BCUT2D eigenvalue weighted by molar-refractivity contribution is -0.136. The minimum atomic E-state index is -0.241. The van der Waals surface area contributed by atoms with Gasteiger partial charge in [0, 0.05) is 37.7 Å². The molecule has 2 aromatic rings. The van der Waals surface area contributed by atoms with Crippen molar-refractivity contribution in [3.8, 4) is 0 Å². The summed E-state index contributed by atoms with van der Waals surface area (Å²) in [6.45, 7) is 8.02. The first kappa shape index (κ1) is 19.1. The maximum Gasteiger partial charge on any atom is 0.228 e. The van der Waals surface area contributed by atoms with E-state index in [0.29, 0.717) is 18.9 Å². The van der Waals surface area contributed by atoms with E-state index in [-0.39, 0.29) is 17.7 Å². The second kappa shape index (κ2) is 7.62. The van der Waals surface area contributed by atoms with Crippen LogP contribution in [0.25, 0.3) is 0 Å². The molecule has 28 heavy (non-hydrogen) atoms. The highest BCUT2D eigenvalue weighted by molar-refractivity contribution is 7.11. The van der Waals surface area contributed by atoms with E-state index in [4.69, 9.17) is 0 Å². The third kappa shape index (κ3) is 3.68. The summed E-state index contributed by atoms with van der Waals surface area (Å²) < 4.78 is 0. The van der Waals surface area contributed by atoms with Gasteiger partial charge in [0.05, 0.1) is 5.92 Å². The van der Waals surface area contributed by atoms with E-state index < -0.39 is 0 Å². The molecule has 4 rings (SSSR count). The number of aromatic nitrogens is 2. The lowest BCUT2D eigenvalue weighted by Gasteiger charge is -2.32. The van der Waals surface area contributed by atoms with Crippen molar-refractivity contribution in [3.05, 3.63) is 39.3 Å². The highest BCUT2D eigenvalue weighted by Crippen LogP contribution is 2.32. The SMILES string of the molecule is Cc1nnc(C2CCN(C(=O)[C@H]3CC(=O)N(c4ccc(C)c(C)c4)C3)CC2)s1. The van der Waals surface area contributed by atoms with E-state index in [1.54, 1.807) is 16.2 Å². The van der Waals surface area contributed by atoms with Gasteiger partial charge in [-0.25, -0.2) is 0 Å². The number of hydrogen-bond donors (Lipinski definition) is 0. The molecule has 0 radical (unpaired) electrons. The number of benzene rings is 1. The van der Waals surface area contributed by atoms with Crippen molar-refractivity contribution in [2.45, 2.75) is 46.0 Å². The van der Waals surface area contributed by atoms with Crippen LogP contribution in [0.2, 0.25) is 0 Å². The fraction of sp³-hybridized carbons (Fsp3) is 0.524. The van der Waals surface area contributed by atoms with Gasteiger partial charge in [0.25, 0.3) is 0 Å². The minimum Gasteiger partial charge on any atom is -0.342 e. The molecular weight excluding hydrogens is 372 g/mol. The van der Waals surface area contributed by atoms with Crippen LogP contribution < -0.4 is 4.90 Å². The molecule has 148 valence electrons. The number of aryl methyl sites for hydroxylation is 3. The third-order valence-corrected chi connectivity index (χ3v) is 6.98. The zero-order chi connectivity index (χ0) is 19.8. The van der Waals surface area contributed by atoms with Crippen LogP contribution in [0.3, 0.4) is 0 Å². The van der Waals surface area contributed by atoms with Gasteiger partial charge in [-0.15, -0.1) is 21.5 Å². The van der Waals surface area contributed by atoms with Crippen molar-refractivity contribution in [3.63, 3.8) is 0 Å². The van der Waals surface area contributed by atoms with Gasteiger partial charge >= 0.3 is 0 Å². The first-order valence-electron chi connectivity index (χ1n) is 9.89. The molecule has 2 amide bonds. The van der Waals surface area contributed by atoms with E-state index in [0.717, 1.165) is 47.2 Å². The van der Waals surface area contributed by atoms with E-state index >= 15 is 0 Å². The molecule has 2 aliphatic rings. The van der Waals surface area contributed by atoms with Crippen LogP contribution in [-0.4, -0.2) is 46.5 Å². The Morgan fingerprint density at radius 3 is 2.50 bits per heavy atom. The highest BCUT2D eigenvalue weighted by Gasteiger charge is 2.38. The van der Waals surface area contributed by atoms with Crippen LogP contribution in [0.5, 0.6) is 0 Å². The topological polar surface area (TPSA) is 66.4 Å². The van der Waals surface area contributed by atoms with Crippen LogP contribution >= 0.6 is 11.3 Å². The van der Waals surface area contributed by atoms with Crippen molar-refractivity contribution in [1.29, 1.82) is 0 Å². The molecule has 0 aliphatic carbocycles. The molecule has 0 unspecified atom stereocenters. The number of hydrogen-bond acceptors (Lipinski definition) is 5. The van der Waals surface area contributed by atoms with Crippen LogP contribution in [0, 0.1) is 26.7 Å². The van der Waals surface area contributed by atoms with Crippen LogP contribution in [-0.2, 0) is 9.59 Å². The predicted molar refractivity (Wildman–Crippen MR) is 110 cm³/mol. The van der Waals surface area contributed by atoms with E-state index in [2.05, 4.69) is 17.1 Å². The number of carbonyl (C=O) groups excluding carboxylic acids is 2. The second-order valence-corrected chi connectivity index (χ2v) is 9.15. The molecular formula is C21H26N4O2S. The predicted octanol–water partition coefficient (Wildman–Crippen LogP) is 3.22. The smallest absolute Gasteiger partial charge is 0.228 e. The molecule has 2 fully saturated rings. The molecule has 1 atom stereocenters. The first-order valence-corrected chi connectivity index (χ1v) is 10.7. The van der Waals surface area contributed by atoms with Gasteiger partial charge in [-0.3, -0.25) is 9.59 Å². The average molecular weight is 399 g/mol. The van der Waals surface area contributed by atoms with Gasteiger partial charge in [0.1, 0.15) is 10.0 Å². The maximum atomic E-state index is 13.0. The Morgan fingerprint density at radius 1 is 1.11 bits per heavy atom. The van der Waals surface area contributed by atoms with Gasteiger partial charge in [-0.1, -0.05) is 6.07 Å². The van der Waals surface area contributed by atoms with Gasteiger partial charge < -0.3 is 9.80 Å². The Balaban J connectivity index is 1.38. The largest absolute Gasteiger partial charge is 0.342 e. The molecule has 1 aromatic heterocycles. The zero-order valence-corrected chi connectivity index (χ0v) is 17.5. The average Bonchev–Trinajstić information content (AvgIpc) is 3.29. The van der Waals surface area contributed by atoms with Crippen LogP contribution in [0.4, 0.5) is 5.69 Å². The maximum absolute atomic E-state index is 13.0. The van der Waals surface area contributed by atoms with Crippen LogP contribution in [0.15, 0.2) is 18.2 Å². The molecule has 2 aliphatic heterocycles. The molecule has 0 saturated carbocycles. The number of rotatable bonds is 3. The van der Waals surface area contributed by atoms with Crippen molar-refractivity contribution in [1.82, 2.24) is 15.1 Å². The summed E-state index contributed by atoms with van der Waals surface area (Å²) in [6, 6.07) is 6.05. The van der Waals surface area contributed by atoms with Gasteiger partial charge in [0.15, 0.2) is 0 Å². The molecule has 0 N–H and O–H groups in total. The van der Waals surface area contributed by atoms with Crippen LogP contribution in [0.1, 0.15) is 46.3 Å². The monoisotopic (exact) mass is 398 g/mol. The molecule has 1 aromatic carbocycles. The second-order valence-electron chi connectivity index (χ2n) is 7.93. The molecule has 2 saturated heterocycles. The molecule has 7 heteroatoms. The Kier molecular flexibility index (Phi) is 5.19. The van der Waals surface area contributed by atoms with Crippen molar-refractivity contribution in [2.24, 2.45) is 5.92 Å². The summed E-state index contributed by atoms with van der Waals surface area (Å²) in [5.41, 5.74) is 3.26. The molecule has 6 nitrogen and oxygen atoms in total. The number of likely N-dealkylation sites (tertiary alicyclic amines) is 1. The Hall–Kier alpha value is -2.28. The molecule has 3 heterocycles. The molecule has 0 bridgehead atoms. The van der Waals surface area contributed by atoms with Crippen molar-refractivity contribution < 1.29 is 9.59 Å². The number of piperidine rings is 1.